The van der Waals surface area contributed by atoms with Gasteiger partial charge in [0.15, 0.2) is 0 Å². The largest absolute Gasteiger partial charge is 0.466 e. The van der Waals surface area contributed by atoms with Gasteiger partial charge in [0.2, 0.25) is 0 Å². The summed E-state index contributed by atoms with van der Waals surface area (Å²) in [6.07, 6.45) is 6.49. The highest BCUT2D eigenvalue weighted by Crippen LogP contribution is 2.24. The molecule has 17 heavy (non-hydrogen) atoms. The summed E-state index contributed by atoms with van der Waals surface area (Å²) in [5.74, 6) is 1.82. The van der Waals surface area contributed by atoms with Gasteiger partial charge in [-0.25, -0.2) is 0 Å². The fourth-order valence-electron chi connectivity index (χ4n) is 2.16. The van der Waals surface area contributed by atoms with Gasteiger partial charge in [0, 0.05) is 6.92 Å². The SMILES string of the molecule is CCCC(CC)CCC(C)C(C)COC(C)=O. The summed E-state index contributed by atoms with van der Waals surface area (Å²) in [6.45, 7) is 11.0. The zero-order valence-corrected chi connectivity index (χ0v) is 12.3. The van der Waals surface area contributed by atoms with Crippen molar-refractivity contribution in [3.8, 4) is 0 Å². The van der Waals surface area contributed by atoms with Crippen LogP contribution in [0.5, 0.6) is 0 Å². The summed E-state index contributed by atoms with van der Waals surface area (Å²) < 4.78 is 5.07. The van der Waals surface area contributed by atoms with Crippen LogP contribution in [0, 0.1) is 17.8 Å². The first-order chi connectivity index (χ1) is 8.01. The first kappa shape index (κ1) is 16.5. The van der Waals surface area contributed by atoms with Gasteiger partial charge in [-0.1, -0.05) is 59.8 Å². The highest BCUT2D eigenvalue weighted by molar-refractivity contribution is 5.65. The van der Waals surface area contributed by atoms with Gasteiger partial charge in [-0.05, 0) is 17.8 Å². The molecular weight excluding hydrogens is 212 g/mol. The molecule has 3 unspecified atom stereocenters. The lowest BCUT2D eigenvalue weighted by molar-refractivity contribution is -0.142. The number of esters is 1. The van der Waals surface area contributed by atoms with Crippen molar-refractivity contribution in [1.29, 1.82) is 0 Å². The molecule has 2 nitrogen and oxygen atoms in total. The number of carbonyl (C=O) groups excluding carboxylic acids is 1. The minimum Gasteiger partial charge on any atom is -0.466 e. The molecule has 0 aromatic rings. The first-order valence-electron chi connectivity index (χ1n) is 7.14. The number of ether oxygens (including phenoxy) is 1. The molecule has 2 heteroatoms. The molecule has 0 amide bonds. The summed E-state index contributed by atoms with van der Waals surface area (Å²) in [7, 11) is 0. The Kier molecular flexibility index (Phi) is 9.20. The number of hydrogen-bond acceptors (Lipinski definition) is 2. The minimum atomic E-state index is -0.165. The van der Waals surface area contributed by atoms with Gasteiger partial charge in [0.1, 0.15) is 0 Å². The first-order valence-corrected chi connectivity index (χ1v) is 7.14. The molecule has 3 atom stereocenters. The quantitative estimate of drug-likeness (QED) is 0.559. The van der Waals surface area contributed by atoms with Gasteiger partial charge in [-0.3, -0.25) is 4.79 Å². The van der Waals surface area contributed by atoms with E-state index < -0.39 is 0 Å². The Morgan fingerprint density at radius 2 is 1.71 bits per heavy atom. The molecule has 102 valence electrons. The third-order valence-corrected chi connectivity index (χ3v) is 3.83. The maximum absolute atomic E-state index is 10.7. The van der Waals surface area contributed by atoms with Crippen molar-refractivity contribution in [2.24, 2.45) is 17.8 Å². The van der Waals surface area contributed by atoms with Gasteiger partial charge < -0.3 is 4.74 Å². The molecule has 0 aliphatic heterocycles. The van der Waals surface area contributed by atoms with Gasteiger partial charge >= 0.3 is 5.97 Å². The van der Waals surface area contributed by atoms with Gasteiger partial charge in [-0.15, -0.1) is 0 Å². The van der Waals surface area contributed by atoms with Gasteiger partial charge in [0.05, 0.1) is 6.61 Å². The minimum absolute atomic E-state index is 0.165. The lowest BCUT2D eigenvalue weighted by atomic mass is 9.86. The summed E-state index contributed by atoms with van der Waals surface area (Å²) in [5, 5.41) is 0. The Bertz CT molecular complexity index is 201. The van der Waals surface area contributed by atoms with E-state index in [4.69, 9.17) is 4.74 Å². The smallest absolute Gasteiger partial charge is 0.302 e. The number of carbonyl (C=O) groups is 1. The van der Waals surface area contributed by atoms with Crippen LogP contribution >= 0.6 is 0 Å². The summed E-state index contributed by atoms with van der Waals surface area (Å²) in [4.78, 5) is 10.7. The van der Waals surface area contributed by atoms with Gasteiger partial charge in [0.25, 0.3) is 0 Å². The lowest BCUT2D eigenvalue weighted by Gasteiger charge is -2.22. The fourth-order valence-corrected chi connectivity index (χ4v) is 2.16. The second-order valence-electron chi connectivity index (χ2n) is 5.40. The van der Waals surface area contributed by atoms with E-state index in [0.717, 1.165) is 5.92 Å². The number of hydrogen-bond donors (Lipinski definition) is 0. The van der Waals surface area contributed by atoms with E-state index in [1.54, 1.807) is 0 Å². The molecule has 0 saturated carbocycles. The molecule has 0 aromatic heterocycles. The molecule has 0 saturated heterocycles. The van der Waals surface area contributed by atoms with Crippen LogP contribution in [0.3, 0.4) is 0 Å². The van der Waals surface area contributed by atoms with E-state index >= 15 is 0 Å². The Labute approximate surface area is 107 Å². The second kappa shape index (κ2) is 9.49. The Morgan fingerprint density at radius 3 is 2.18 bits per heavy atom. The second-order valence-corrected chi connectivity index (χ2v) is 5.40. The fraction of sp³-hybridized carbons (Fsp3) is 0.933. The molecule has 0 aliphatic carbocycles. The Hall–Kier alpha value is -0.530. The average molecular weight is 242 g/mol. The van der Waals surface area contributed by atoms with Crippen LogP contribution in [0.2, 0.25) is 0 Å². The Morgan fingerprint density at radius 1 is 1.06 bits per heavy atom. The maximum atomic E-state index is 10.7. The van der Waals surface area contributed by atoms with E-state index in [0.29, 0.717) is 18.4 Å². The van der Waals surface area contributed by atoms with Crippen molar-refractivity contribution in [1.82, 2.24) is 0 Å². The normalized spacial score (nSPS) is 16.3. The summed E-state index contributed by atoms with van der Waals surface area (Å²) >= 11 is 0. The highest BCUT2D eigenvalue weighted by Gasteiger charge is 2.15. The van der Waals surface area contributed by atoms with E-state index in [1.165, 1.54) is 39.0 Å². The predicted molar refractivity (Wildman–Crippen MR) is 72.9 cm³/mol. The average Bonchev–Trinajstić information content (AvgIpc) is 2.30. The molecule has 0 heterocycles. The third-order valence-electron chi connectivity index (χ3n) is 3.83. The number of rotatable bonds is 9. The van der Waals surface area contributed by atoms with Crippen molar-refractivity contribution in [2.45, 2.75) is 66.7 Å². The predicted octanol–water partition coefficient (Wildman–Crippen LogP) is 4.43. The van der Waals surface area contributed by atoms with Crippen LogP contribution in [-0.4, -0.2) is 12.6 Å². The third kappa shape index (κ3) is 8.23. The lowest BCUT2D eigenvalue weighted by Crippen LogP contribution is -2.17. The zero-order valence-electron chi connectivity index (χ0n) is 12.3. The zero-order chi connectivity index (χ0) is 13.3. The van der Waals surface area contributed by atoms with Crippen LogP contribution in [0.4, 0.5) is 0 Å². The molecule has 0 aromatic carbocycles. The highest BCUT2D eigenvalue weighted by atomic mass is 16.5. The molecule has 0 bridgehead atoms. The van der Waals surface area contributed by atoms with Gasteiger partial charge in [-0.2, -0.15) is 0 Å². The molecule has 0 radical (unpaired) electrons. The van der Waals surface area contributed by atoms with Crippen LogP contribution in [0.25, 0.3) is 0 Å². The van der Waals surface area contributed by atoms with E-state index in [9.17, 15) is 4.79 Å². The molecule has 0 aliphatic rings. The van der Waals surface area contributed by atoms with Crippen LogP contribution in [0.1, 0.15) is 66.7 Å². The van der Waals surface area contributed by atoms with Crippen LogP contribution < -0.4 is 0 Å². The summed E-state index contributed by atoms with van der Waals surface area (Å²) in [5.41, 5.74) is 0. The molecule has 0 N–H and O–H groups in total. The van der Waals surface area contributed by atoms with Crippen molar-refractivity contribution < 1.29 is 9.53 Å². The van der Waals surface area contributed by atoms with Crippen molar-refractivity contribution in [3.63, 3.8) is 0 Å². The molecular formula is C15H30O2. The maximum Gasteiger partial charge on any atom is 0.302 e. The summed E-state index contributed by atoms with van der Waals surface area (Å²) in [6, 6.07) is 0. The Balaban J connectivity index is 3.82. The van der Waals surface area contributed by atoms with Crippen molar-refractivity contribution >= 4 is 5.97 Å². The monoisotopic (exact) mass is 242 g/mol. The van der Waals surface area contributed by atoms with Crippen molar-refractivity contribution in [2.75, 3.05) is 6.61 Å². The van der Waals surface area contributed by atoms with Crippen LogP contribution in [0.15, 0.2) is 0 Å². The van der Waals surface area contributed by atoms with E-state index in [2.05, 4.69) is 27.7 Å². The standard InChI is InChI=1S/C15H30O2/c1-6-8-15(7-2)10-9-12(3)13(4)11-17-14(5)16/h12-13,15H,6-11H2,1-5H3. The van der Waals surface area contributed by atoms with Crippen LogP contribution in [-0.2, 0) is 9.53 Å². The van der Waals surface area contributed by atoms with E-state index in [1.807, 2.05) is 0 Å². The molecule has 0 spiro atoms. The topological polar surface area (TPSA) is 26.3 Å². The van der Waals surface area contributed by atoms with E-state index in [-0.39, 0.29) is 5.97 Å². The molecule has 0 fully saturated rings. The molecule has 0 rings (SSSR count). The van der Waals surface area contributed by atoms with Crippen molar-refractivity contribution in [3.05, 3.63) is 0 Å².